The maximum absolute atomic E-state index is 13.3. The van der Waals surface area contributed by atoms with Crippen molar-refractivity contribution in [2.45, 2.75) is 19.5 Å². The molecule has 0 saturated carbocycles. The molecule has 0 aliphatic carbocycles. The Balaban J connectivity index is 2.59. The number of hydrogen-bond donors (Lipinski definition) is 1. The van der Waals surface area contributed by atoms with Crippen LogP contribution in [0.15, 0.2) is 18.2 Å². The average molecular weight is 249 g/mol. The molecule has 1 rings (SSSR count). The summed E-state index contributed by atoms with van der Waals surface area (Å²) in [5, 5.41) is 2.02. The van der Waals surface area contributed by atoms with E-state index in [-0.39, 0.29) is 5.56 Å². The van der Waals surface area contributed by atoms with Crippen LogP contribution in [0.2, 0.25) is 0 Å². The summed E-state index contributed by atoms with van der Waals surface area (Å²) in [5.41, 5.74) is 0.382. The minimum atomic E-state index is -4.33. The molecule has 0 fully saturated rings. The van der Waals surface area contributed by atoms with Crippen molar-refractivity contribution in [1.29, 1.82) is 0 Å². The molecule has 0 bridgehead atoms. The molecule has 2 nitrogen and oxygen atoms in total. The standard InChI is InChI=1S/C11H11F4NO/c1-7-2-3-8(9(12)6-7)10(17)16-5-4-11(13,14)15/h2-3,6H,4-5H2,1H3,(H,16,17). The summed E-state index contributed by atoms with van der Waals surface area (Å²) in [5.74, 6) is -1.58. The molecule has 0 aromatic heterocycles. The van der Waals surface area contributed by atoms with E-state index in [9.17, 15) is 22.4 Å². The van der Waals surface area contributed by atoms with Crippen molar-refractivity contribution in [2.24, 2.45) is 0 Å². The maximum Gasteiger partial charge on any atom is 0.390 e. The predicted molar refractivity (Wildman–Crippen MR) is 54.1 cm³/mol. The second-order valence-electron chi connectivity index (χ2n) is 3.60. The summed E-state index contributed by atoms with van der Waals surface area (Å²) in [6.07, 6.45) is -5.47. The third-order valence-electron chi connectivity index (χ3n) is 2.06. The molecule has 0 spiro atoms. The second kappa shape index (κ2) is 5.16. The van der Waals surface area contributed by atoms with Crippen LogP contribution in [0.1, 0.15) is 22.3 Å². The lowest BCUT2D eigenvalue weighted by Crippen LogP contribution is -2.28. The predicted octanol–water partition coefficient (Wildman–Crippen LogP) is 2.82. The SMILES string of the molecule is Cc1ccc(C(=O)NCCC(F)(F)F)c(F)c1. The highest BCUT2D eigenvalue weighted by Gasteiger charge is 2.26. The van der Waals surface area contributed by atoms with Crippen molar-refractivity contribution in [3.8, 4) is 0 Å². The molecular formula is C11H11F4NO. The Morgan fingerprint density at radius 3 is 2.53 bits per heavy atom. The molecule has 1 aromatic rings. The molecule has 1 aromatic carbocycles. The van der Waals surface area contributed by atoms with Crippen LogP contribution < -0.4 is 5.32 Å². The Morgan fingerprint density at radius 2 is 2.00 bits per heavy atom. The van der Waals surface area contributed by atoms with Gasteiger partial charge in [-0.1, -0.05) is 6.07 Å². The van der Waals surface area contributed by atoms with Crippen LogP contribution >= 0.6 is 0 Å². The Hall–Kier alpha value is -1.59. The molecule has 1 amide bonds. The average Bonchev–Trinajstić information content (AvgIpc) is 2.15. The third kappa shape index (κ3) is 4.42. The third-order valence-corrected chi connectivity index (χ3v) is 2.06. The summed E-state index contributed by atoms with van der Waals surface area (Å²) in [7, 11) is 0. The van der Waals surface area contributed by atoms with Gasteiger partial charge in [0.25, 0.3) is 5.91 Å². The fourth-order valence-electron chi connectivity index (χ4n) is 1.22. The van der Waals surface area contributed by atoms with E-state index in [4.69, 9.17) is 0 Å². The molecule has 94 valence electrons. The number of carbonyl (C=O) groups is 1. The van der Waals surface area contributed by atoms with E-state index >= 15 is 0 Å². The van der Waals surface area contributed by atoms with E-state index in [1.54, 1.807) is 6.92 Å². The molecule has 0 heterocycles. The van der Waals surface area contributed by atoms with Gasteiger partial charge in [-0.3, -0.25) is 4.79 Å². The van der Waals surface area contributed by atoms with Crippen LogP contribution in [0.4, 0.5) is 17.6 Å². The van der Waals surface area contributed by atoms with Crippen LogP contribution in [-0.4, -0.2) is 18.6 Å². The Morgan fingerprint density at radius 1 is 1.35 bits per heavy atom. The number of benzene rings is 1. The van der Waals surface area contributed by atoms with Gasteiger partial charge in [0.15, 0.2) is 0 Å². The monoisotopic (exact) mass is 249 g/mol. The largest absolute Gasteiger partial charge is 0.390 e. The van der Waals surface area contributed by atoms with Crippen molar-refractivity contribution in [3.05, 3.63) is 35.1 Å². The van der Waals surface area contributed by atoms with Gasteiger partial charge in [-0.2, -0.15) is 13.2 Å². The summed E-state index contributed by atoms with van der Waals surface area (Å²) in [6, 6.07) is 3.91. The lowest BCUT2D eigenvalue weighted by molar-refractivity contribution is -0.132. The molecule has 0 aliphatic heterocycles. The van der Waals surface area contributed by atoms with Gasteiger partial charge in [-0.15, -0.1) is 0 Å². The molecule has 6 heteroatoms. The highest BCUT2D eigenvalue weighted by molar-refractivity contribution is 5.94. The van der Waals surface area contributed by atoms with Gasteiger partial charge in [0.05, 0.1) is 12.0 Å². The quantitative estimate of drug-likeness (QED) is 0.820. The van der Waals surface area contributed by atoms with Crippen molar-refractivity contribution < 1.29 is 22.4 Å². The summed E-state index contributed by atoms with van der Waals surface area (Å²) < 4.78 is 48.7. The Labute approximate surface area is 95.6 Å². The highest BCUT2D eigenvalue weighted by Crippen LogP contribution is 2.18. The van der Waals surface area contributed by atoms with Crippen LogP contribution in [-0.2, 0) is 0 Å². The molecule has 0 unspecified atom stereocenters. The summed E-state index contributed by atoms with van der Waals surface area (Å²) >= 11 is 0. The zero-order chi connectivity index (χ0) is 13.1. The molecule has 17 heavy (non-hydrogen) atoms. The van der Waals surface area contributed by atoms with Crippen LogP contribution in [0.5, 0.6) is 0 Å². The number of aryl methyl sites for hydroxylation is 1. The van der Waals surface area contributed by atoms with Crippen molar-refractivity contribution >= 4 is 5.91 Å². The zero-order valence-electron chi connectivity index (χ0n) is 9.07. The number of alkyl halides is 3. The van der Waals surface area contributed by atoms with E-state index in [1.807, 2.05) is 5.32 Å². The molecule has 1 N–H and O–H groups in total. The Bertz CT molecular complexity index is 414. The van der Waals surface area contributed by atoms with E-state index in [0.717, 1.165) is 6.07 Å². The first-order chi connectivity index (χ1) is 7.79. The fourth-order valence-corrected chi connectivity index (χ4v) is 1.22. The number of nitrogens with one attached hydrogen (secondary N) is 1. The van der Waals surface area contributed by atoms with Crippen LogP contribution in [0.25, 0.3) is 0 Å². The van der Waals surface area contributed by atoms with Crippen LogP contribution in [0.3, 0.4) is 0 Å². The first-order valence-electron chi connectivity index (χ1n) is 4.91. The topological polar surface area (TPSA) is 29.1 Å². The molecule has 0 aliphatic rings. The number of halogens is 4. The van der Waals surface area contributed by atoms with Gasteiger partial charge in [0.1, 0.15) is 5.82 Å². The maximum atomic E-state index is 13.3. The van der Waals surface area contributed by atoms with E-state index < -0.39 is 30.9 Å². The lowest BCUT2D eigenvalue weighted by Gasteiger charge is -2.08. The van der Waals surface area contributed by atoms with E-state index in [0.29, 0.717) is 5.56 Å². The zero-order valence-corrected chi connectivity index (χ0v) is 9.07. The van der Waals surface area contributed by atoms with Gasteiger partial charge in [0.2, 0.25) is 0 Å². The van der Waals surface area contributed by atoms with Gasteiger partial charge >= 0.3 is 6.18 Å². The second-order valence-corrected chi connectivity index (χ2v) is 3.60. The van der Waals surface area contributed by atoms with Crippen LogP contribution in [0, 0.1) is 12.7 Å². The molecule has 0 saturated heterocycles. The number of carbonyl (C=O) groups excluding carboxylic acids is 1. The highest BCUT2D eigenvalue weighted by atomic mass is 19.4. The van der Waals surface area contributed by atoms with Gasteiger partial charge in [-0.05, 0) is 24.6 Å². The fraction of sp³-hybridized carbons (Fsp3) is 0.364. The van der Waals surface area contributed by atoms with Gasteiger partial charge in [0, 0.05) is 6.54 Å². The smallest absolute Gasteiger partial charge is 0.352 e. The minimum Gasteiger partial charge on any atom is -0.352 e. The van der Waals surface area contributed by atoms with E-state index in [2.05, 4.69) is 0 Å². The first kappa shape index (κ1) is 13.5. The normalized spacial score (nSPS) is 11.4. The van der Waals surface area contributed by atoms with Gasteiger partial charge in [-0.25, -0.2) is 4.39 Å². The number of amides is 1. The van der Waals surface area contributed by atoms with Crippen molar-refractivity contribution in [2.75, 3.05) is 6.54 Å². The molecule has 0 atom stereocenters. The lowest BCUT2D eigenvalue weighted by atomic mass is 10.1. The van der Waals surface area contributed by atoms with Gasteiger partial charge < -0.3 is 5.32 Å². The number of hydrogen-bond acceptors (Lipinski definition) is 1. The number of rotatable bonds is 3. The van der Waals surface area contributed by atoms with Crippen molar-refractivity contribution in [1.82, 2.24) is 5.32 Å². The molecular weight excluding hydrogens is 238 g/mol. The summed E-state index contributed by atoms with van der Waals surface area (Å²) in [6.45, 7) is 1.09. The summed E-state index contributed by atoms with van der Waals surface area (Å²) in [4.78, 5) is 11.3. The minimum absolute atomic E-state index is 0.252. The Kier molecular flexibility index (Phi) is 4.09. The van der Waals surface area contributed by atoms with E-state index in [1.165, 1.54) is 12.1 Å². The van der Waals surface area contributed by atoms with Crippen molar-refractivity contribution in [3.63, 3.8) is 0 Å². The first-order valence-corrected chi connectivity index (χ1v) is 4.91. The molecule has 0 radical (unpaired) electrons.